The molecule has 4 N–H and O–H groups in total. The second kappa shape index (κ2) is 12.7. The topological polar surface area (TPSA) is 83.4 Å². The Kier molecular flexibility index (Phi) is 9.20. The van der Waals surface area contributed by atoms with Gasteiger partial charge in [-0.2, -0.15) is 0 Å². The van der Waals surface area contributed by atoms with Crippen molar-refractivity contribution in [2.75, 3.05) is 26.3 Å². The first kappa shape index (κ1) is 26.7. The SMILES string of the molecule is C.NC[C@@H]1OCCc2c(-c3cccnc3)cccc21.NC[C@H]1OCCc2c(-c3ccccc3)cccc21. The smallest absolute Gasteiger partial charge is 0.0950 e. The van der Waals surface area contributed by atoms with E-state index >= 15 is 0 Å². The highest BCUT2D eigenvalue weighted by Crippen LogP contribution is 2.35. The Balaban J connectivity index is 0.000000168. The zero-order chi connectivity index (χ0) is 24.7. The van der Waals surface area contributed by atoms with Gasteiger partial charge in [-0.15, -0.1) is 0 Å². The Morgan fingerprint density at radius 2 is 1.19 bits per heavy atom. The summed E-state index contributed by atoms with van der Waals surface area (Å²) in [4.78, 5) is 4.19. The van der Waals surface area contributed by atoms with Crippen molar-refractivity contribution >= 4 is 0 Å². The molecule has 37 heavy (non-hydrogen) atoms. The third-order valence-corrected chi connectivity index (χ3v) is 6.95. The van der Waals surface area contributed by atoms with Gasteiger partial charge in [-0.3, -0.25) is 4.98 Å². The van der Waals surface area contributed by atoms with E-state index in [1.165, 1.54) is 38.9 Å². The van der Waals surface area contributed by atoms with E-state index in [1.54, 1.807) is 6.20 Å². The highest BCUT2D eigenvalue weighted by atomic mass is 16.5. The van der Waals surface area contributed by atoms with Gasteiger partial charge in [0.2, 0.25) is 0 Å². The molecule has 4 aromatic rings. The largest absolute Gasteiger partial charge is 0.372 e. The van der Waals surface area contributed by atoms with Crippen LogP contribution in [-0.4, -0.2) is 31.3 Å². The second-order valence-electron chi connectivity index (χ2n) is 9.04. The summed E-state index contributed by atoms with van der Waals surface area (Å²) in [6.45, 7) is 2.58. The molecule has 0 aliphatic carbocycles. The number of benzene rings is 3. The van der Waals surface area contributed by atoms with E-state index in [0.29, 0.717) is 13.1 Å². The maximum absolute atomic E-state index is 5.78. The lowest BCUT2D eigenvalue weighted by Gasteiger charge is -2.27. The second-order valence-corrected chi connectivity index (χ2v) is 9.04. The van der Waals surface area contributed by atoms with E-state index in [0.717, 1.165) is 31.6 Å². The average molecular weight is 496 g/mol. The van der Waals surface area contributed by atoms with E-state index in [2.05, 4.69) is 71.7 Å². The summed E-state index contributed by atoms with van der Waals surface area (Å²) in [5, 5.41) is 0. The van der Waals surface area contributed by atoms with Crippen molar-refractivity contribution in [1.29, 1.82) is 0 Å². The first-order valence-electron chi connectivity index (χ1n) is 12.6. The Labute approximate surface area is 220 Å². The van der Waals surface area contributed by atoms with Gasteiger partial charge in [-0.1, -0.05) is 80.2 Å². The molecule has 0 saturated carbocycles. The lowest BCUT2D eigenvalue weighted by atomic mass is 9.89. The van der Waals surface area contributed by atoms with Crippen LogP contribution in [0.1, 0.15) is 41.9 Å². The predicted octanol–water partition coefficient (Wildman–Crippen LogP) is 5.88. The third-order valence-electron chi connectivity index (χ3n) is 6.95. The molecule has 5 heteroatoms. The van der Waals surface area contributed by atoms with E-state index in [4.69, 9.17) is 20.9 Å². The van der Waals surface area contributed by atoms with Gasteiger partial charge in [-0.25, -0.2) is 0 Å². The zero-order valence-corrected chi connectivity index (χ0v) is 20.5. The van der Waals surface area contributed by atoms with Crippen LogP contribution >= 0.6 is 0 Å². The molecule has 0 radical (unpaired) electrons. The predicted molar refractivity (Wildman–Crippen MR) is 151 cm³/mol. The van der Waals surface area contributed by atoms with Crippen LogP contribution in [-0.2, 0) is 22.3 Å². The fourth-order valence-electron chi connectivity index (χ4n) is 5.23. The minimum atomic E-state index is 0. The number of hydrogen-bond donors (Lipinski definition) is 2. The van der Waals surface area contributed by atoms with Crippen molar-refractivity contribution in [2.45, 2.75) is 32.5 Å². The number of fused-ring (bicyclic) bond motifs is 2. The van der Waals surface area contributed by atoms with Crippen molar-refractivity contribution in [3.05, 3.63) is 114 Å². The zero-order valence-electron chi connectivity index (χ0n) is 20.5. The van der Waals surface area contributed by atoms with Crippen molar-refractivity contribution in [2.24, 2.45) is 11.5 Å². The Morgan fingerprint density at radius 1 is 0.649 bits per heavy atom. The van der Waals surface area contributed by atoms with Crippen molar-refractivity contribution < 1.29 is 9.47 Å². The van der Waals surface area contributed by atoms with Crippen LogP contribution in [0.3, 0.4) is 0 Å². The van der Waals surface area contributed by atoms with Crippen molar-refractivity contribution in [1.82, 2.24) is 4.98 Å². The number of ether oxygens (including phenoxy) is 2. The van der Waals surface area contributed by atoms with Crippen LogP contribution in [0, 0.1) is 0 Å². The van der Waals surface area contributed by atoms with Gasteiger partial charge in [-0.05, 0) is 57.9 Å². The summed E-state index contributed by atoms with van der Waals surface area (Å²) < 4.78 is 11.4. The molecular formula is C32H37N3O2. The molecule has 5 nitrogen and oxygen atoms in total. The number of aromatic nitrogens is 1. The molecule has 192 valence electrons. The molecule has 0 saturated heterocycles. The molecule has 6 rings (SSSR count). The van der Waals surface area contributed by atoms with Crippen LogP contribution in [0.5, 0.6) is 0 Å². The summed E-state index contributed by atoms with van der Waals surface area (Å²) in [6.07, 6.45) is 5.70. The average Bonchev–Trinajstić information content (AvgIpc) is 2.97. The normalized spacial score (nSPS) is 17.9. The van der Waals surface area contributed by atoms with Gasteiger partial charge in [0, 0.05) is 31.0 Å². The minimum Gasteiger partial charge on any atom is -0.372 e. The molecular weight excluding hydrogens is 458 g/mol. The number of nitrogens with zero attached hydrogens (tertiary/aromatic N) is 1. The fourth-order valence-corrected chi connectivity index (χ4v) is 5.23. The Hall–Kier alpha value is -3.35. The molecule has 3 heterocycles. The fraction of sp³-hybridized carbons (Fsp3) is 0.281. The van der Waals surface area contributed by atoms with Gasteiger partial charge in [0.15, 0.2) is 0 Å². The van der Waals surface area contributed by atoms with Gasteiger partial charge in [0.05, 0.1) is 25.4 Å². The third kappa shape index (κ3) is 5.81. The number of rotatable bonds is 4. The van der Waals surface area contributed by atoms with Gasteiger partial charge >= 0.3 is 0 Å². The Morgan fingerprint density at radius 3 is 1.70 bits per heavy atom. The molecule has 1 aromatic heterocycles. The van der Waals surface area contributed by atoms with Crippen LogP contribution in [0.25, 0.3) is 22.3 Å². The minimum absolute atomic E-state index is 0. The lowest BCUT2D eigenvalue weighted by Crippen LogP contribution is -2.23. The first-order valence-corrected chi connectivity index (χ1v) is 12.6. The molecule has 3 aromatic carbocycles. The van der Waals surface area contributed by atoms with Gasteiger partial charge in [0.25, 0.3) is 0 Å². The van der Waals surface area contributed by atoms with E-state index in [1.807, 2.05) is 18.3 Å². The van der Waals surface area contributed by atoms with Crippen LogP contribution in [0.4, 0.5) is 0 Å². The van der Waals surface area contributed by atoms with Crippen molar-refractivity contribution in [3.8, 4) is 22.3 Å². The highest BCUT2D eigenvalue weighted by molar-refractivity contribution is 5.70. The number of pyridine rings is 1. The molecule has 0 unspecified atom stereocenters. The summed E-state index contributed by atoms with van der Waals surface area (Å²) in [7, 11) is 0. The van der Waals surface area contributed by atoms with Gasteiger partial charge < -0.3 is 20.9 Å². The lowest BCUT2D eigenvalue weighted by molar-refractivity contribution is 0.0486. The van der Waals surface area contributed by atoms with E-state index in [-0.39, 0.29) is 19.6 Å². The van der Waals surface area contributed by atoms with Crippen molar-refractivity contribution in [3.63, 3.8) is 0 Å². The van der Waals surface area contributed by atoms with E-state index in [9.17, 15) is 0 Å². The summed E-state index contributed by atoms with van der Waals surface area (Å²) in [6, 6.07) is 27.3. The maximum Gasteiger partial charge on any atom is 0.0950 e. The molecule has 0 bridgehead atoms. The molecule has 2 atom stereocenters. The first-order chi connectivity index (χ1) is 17.8. The van der Waals surface area contributed by atoms with E-state index < -0.39 is 0 Å². The number of hydrogen-bond acceptors (Lipinski definition) is 5. The summed E-state index contributed by atoms with van der Waals surface area (Å²) >= 11 is 0. The van der Waals surface area contributed by atoms with Crippen LogP contribution < -0.4 is 11.5 Å². The molecule has 2 aliphatic heterocycles. The Bertz CT molecular complexity index is 1180. The maximum atomic E-state index is 5.78. The molecule has 0 amide bonds. The molecule has 0 fully saturated rings. The molecule has 2 aliphatic rings. The number of nitrogens with two attached hydrogens (primary N) is 2. The standard InChI is InChI=1S/C16H17NO.C15H16N2O.CH4/c17-11-16-15-8-4-7-13(14(15)9-10-18-16)12-5-2-1-3-6-12;16-9-15-14-5-1-4-12(13(14)6-8-18-15)11-3-2-7-17-10-11;/h1-8,16H,9-11,17H2;1-5,7,10,15H,6,8-9,16H2;1H4/t16-;15-;/m10./s1. The molecule has 0 spiro atoms. The highest BCUT2D eigenvalue weighted by Gasteiger charge is 2.23. The summed E-state index contributed by atoms with van der Waals surface area (Å²) in [5.74, 6) is 0. The quantitative estimate of drug-likeness (QED) is 0.369. The monoisotopic (exact) mass is 495 g/mol. The van der Waals surface area contributed by atoms with Gasteiger partial charge in [0.1, 0.15) is 0 Å². The van der Waals surface area contributed by atoms with Crippen LogP contribution in [0.15, 0.2) is 91.3 Å². The van der Waals surface area contributed by atoms with Crippen LogP contribution in [0.2, 0.25) is 0 Å². The summed E-state index contributed by atoms with van der Waals surface area (Å²) in [5.41, 5.74) is 21.8.